The first-order chi connectivity index (χ1) is 7.25. The molecule has 0 radical (unpaired) electrons. The van der Waals surface area contributed by atoms with Gasteiger partial charge in [-0.05, 0) is 29.1 Å². The van der Waals surface area contributed by atoms with Gasteiger partial charge in [-0.2, -0.15) is 0 Å². The largest absolute Gasteiger partial charge is 0.388 e. The fourth-order valence-electron chi connectivity index (χ4n) is 1.36. The minimum absolute atomic E-state index is 0.415. The van der Waals surface area contributed by atoms with Crippen LogP contribution in [0.3, 0.4) is 0 Å². The normalized spacial score (nSPS) is 12.7. The summed E-state index contributed by atoms with van der Waals surface area (Å²) < 4.78 is 0. The summed E-state index contributed by atoms with van der Waals surface area (Å²) in [5.41, 5.74) is 0.809. The van der Waals surface area contributed by atoms with Crippen molar-refractivity contribution in [2.24, 2.45) is 0 Å². The lowest BCUT2D eigenvalue weighted by Crippen LogP contribution is -2.00. The Labute approximate surface area is 97.2 Å². The molecule has 0 saturated heterocycles. The second-order valence-corrected chi connectivity index (χ2v) is 4.63. The number of hydrogen-bond donors (Lipinski definition) is 1. The Morgan fingerprint density at radius 3 is 3.00 bits per heavy atom. The summed E-state index contributed by atoms with van der Waals surface area (Å²) in [5, 5.41) is 12.4. The zero-order chi connectivity index (χ0) is 10.7. The highest BCUT2D eigenvalue weighted by atomic mass is 35.5. The Hall–Kier alpha value is -0.900. The summed E-state index contributed by atoms with van der Waals surface area (Å²) in [6, 6.07) is 7.47. The van der Waals surface area contributed by atoms with Gasteiger partial charge < -0.3 is 5.11 Å². The van der Waals surface area contributed by atoms with Gasteiger partial charge in [-0.1, -0.05) is 17.7 Å². The van der Waals surface area contributed by atoms with E-state index in [2.05, 4.69) is 4.98 Å². The highest BCUT2D eigenvalue weighted by Gasteiger charge is 2.09. The Bertz CT molecular complexity index is 430. The molecule has 1 N–H and O–H groups in total. The van der Waals surface area contributed by atoms with E-state index in [9.17, 15) is 5.11 Å². The van der Waals surface area contributed by atoms with Crippen LogP contribution in [0.4, 0.5) is 0 Å². The van der Waals surface area contributed by atoms with E-state index >= 15 is 0 Å². The summed E-state index contributed by atoms with van der Waals surface area (Å²) in [5.74, 6) is 0. The van der Waals surface area contributed by atoms with Crippen LogP contribution in [0, 0.1) is 0 Å². The number of hydrogen-bond acceptors (Lipinski definition) is 3. The number of halogens is 1. The van der Waals surface area contributed by atoms with Gasteiger partial charge in [-0.25, -0.2) is 4.98 Å². The van der Waals surface area contributed by atoms with Crippen LogP contribution in [0.25, 0.3) is 0 Å². The van der Waals surface area contributed by atoms with E-state index in [1.165, 1.54) is 0 Å². The summed E-state index contributed by atoms with van der Waals surface area (Å²) in [6.45, 7) is 0. The molecule has 2 heterocycles. The van der Waals surface area contributed by atoms with Crippen molar-refractivity contribution in [1.82, 2.24) is 4.98 Å². The molecular formula is C11H10ClNOS. The molecule has 2 rings (SSSR count). The predicted molar refractivity (Wildman–Crippen MR) is 62.2 cm³/mol. The third kappa shape index (κ3) is 2.78. The second kappa shape index (κ2) is 4.75. The summed E-state index contributed by atoms with van der Waals surface area (Å²) >= 11 is 7.39. The SMILES string of the molecule is OC(Cc1cccs1)c1ccnc(Cl)c1. The summed E-state index contributed by atoms with van der Waals surface area (Å²) in [4.78, 5) is 5.04. The zero-order valence-electron chi connectivity index (χ0n) is 7.93. The van der Waals surface area contributed by atoms with E-state index in [0.29, 0.717) is 11.6 Å². The van der Waals surface area contributed by atoms with Crippen LogP contribution in [-0.4, -0.2) is 10.1 Å². The van der Waals surface area contributed by atoms with Crippen molar-refractivity contribution in [1.29, 1.82) is 0 Å². The molecule has 0 aliphatic rings. The average molecular weight is 240 g/mol. The van der Waals surface area contributed by atoms with E-state index in [1.807, 2.05) is 17.5 Å². The van der Waals surface area contributed by atoms with Crippen molar-refractivity contribution in [2.75, 3.05) is 0 Å². The maximum atomic E-state index is 9.94. The van der Waals surface area contributed by atoms with Crippen LogP contribution >= 0.6 is 22.9 Å². The van der Waals surface area contributed by atoms with Gasteiger partial charge >= 0.3 is 0 Å². The lowest BCUT2D eigenvalue weighted by atomic mass is 10.1. The van der Waals surface area contributed by atoms with Gasteiger partial charge in [0.05, 0.1) is 6.10 Å². The molecule has 0 aliphatic heterocycles. The van der Waals surface area contributed by atoms with E-state index in [0.717, 1.165) is 10.4 Å². The number of aromatic nitrogens is 1. The first kappa shape index (κ1) is 10.6. The highest BCUT2D eigenvalue weighted by Crippen LogP contribution is 2.22. The van der Waals surface area contributed by atoms with Crippen molar-refractivity contribution >= 4 is 22.9 Å². The molecule has 0 saturated carbocycles. The maximum absolute atomic E-state index is 9.94. The van der Waals surface area contributed by atoms with Crippen molar-refractivity contribution < 1.29 is 5.11 Å². The van der Waals surface area contributed by atoms with E-state index in [1.54, 1.807) is 29.7 Å². The highest BCUT2D eigenvalue weighted by molar-refractivity contribution is 7.09. The van der Waals surface area contributed by atoms with Crippen LogP contribution in [-0.2, 0) is 6.42 Å². The summed E-state index contributed by atoms with van der Waals surface area (Å²) in [7, 11) is 0. The molecule has 0 aromatic carbocycles. The zero-order valence-corrected chi connectivity index (χ0v) is 9.50. The Morgan fingerprint density at radius 1 is 1.47 bits per heavy atom. The lowest BCUT2D eigenvalue weighted by molar-refractivity contribution is 0.179. The molecule has 78 valence electrons. The quantitative estimate of drug-likeness (QED) is 0.836. The lowest BCUT2D eigenvalue weighted by Gasteiger charge is -2.09. The van der Waals surface area contributed by atoms with Crippen LogP contribution in [0.5, 0.6) is 0 Å². The van der Waals surface area contributed by atoms with Gasteiger partial charge in [0.1, 0.15) is 5.15 Å². The first-order valence-electron chi connectivity index (χ1n) is 4.57. The number of aliphatic hydroxyl groups excluding tert-OH is 1. The number of thiophene rings is 1. The van der Waals surface area contributed by atoms with Crippen LogP contribution < -0.4 is 0 Å². The number of rotatable bonds is 3. The Morgan fingerprint density at radius 2 is 2.33 bits per heavy atom. The Kier molecular flexibility index (Phi) is 3.36. The fourth-order valence-corrected chi connectivity index (χ4v) is 2.29. The summed E-state index contributed by atoms with van der Waals surface area (Å²) in [6.07, 6.45) is 1.72. The molecule has 0 amide bonds. The minimum atomic E-state index is -0.510. The van der Waals surface area contributed by atoms with Gasteiger partial charge in [-0.15, -0.1) is 11.3 Å². The van der Waals surface area contributed by atoms with Gasteiger partial charge in [0.15, 0.2) is 0 Å². The monoisotopic (exact) mass is 239 g/mol. The molecule has 0 bridgehead atoms. The Balaban J connectivity index is 2.11. The molecule has 1 atom stereocenters. The van der Waals surface area contributed by atoms with E-state index in [-0.39, 0.29) is 0 Å². The van der Waals surface area contributed by atoms with Crippen molar-refractivity contribution in [2.45, 2.75) is 12.5 Å². The molecule has 1 unspecified atom stereocenters. The molecule has 2 aromatic rings. The molecule has 0 fully saturated rings. The second-order valence-electron chi connectivity index (χ2n) is 3.21. The van der Waals surface area contributed by atoms with Crippen molar-refractivity contribution in [3.63, 3.8) is 0 Å². The topological polar surface area (TPSA) is 33.1 Å². The third-order valence-electron chi connectivity index (χ3n) is 2.11. The maximum Gasteiger partial charge on any atom is 0.129 e. The van der Waals surface area contributed by atoms with Gasteiger partial charge in [-0.3, -0.25) is 0 Å². The van der Waals surface area contributed by atoms with Gasteiger partial charge in [0.2, 0.25) is 0 Å². The molecule has 2 aromatic heterocycles. The van der Waals surface area contributed by atoms with Crippen molar-refractivity contribution in [3.8, 4) is 0 Å². The minimum Gasteiger partial charge on any atom is -0.388 e. The molecule has 0 spiro atoms. The van der Waals surface area contributed by atoms with E-state index in [4.69, 9.17) is 11.6 Å². The molecular weight excluding hydrogens is 230 g/mol. The van der Waals surface area contributed by atoms with Crippen molar-refractivity contribution in [3.05, 3.63) is 51.4 Å². The van der Waals surface area contributed by atoms with Crippen LogP contribution in [0.15, 0.2) is 35.8 Å². The standard InChI is InChI=1S/C11H10ClNOS/c12-11-6-8(3-4-13-11)10(14)7-9-2-1-5-15-9/h1-6,10,14H,7H2. The number of pyridine rings is 1. The first-order valence-corrected chi connectivity index (χ1v) is 5.83. The molecule has 15 heavy (non-hydrogen) atoms. The smallest absolute Gasteiger partial charge is 0.129 e. The van der Waals surface area contributed by atoms with Gasteiger partial charge in [0, 0.05) is 17.5 Å². The fraction of sp³-hybridized carbons (Fsp3) is 0.182. The van der Waals surface area contributed by atoms with Crippen LogP contribution in [0.1, 0.15) is 16.5 Å². The molecule has 2 nitrogen and oxygen atoms in total. The number of aliphatic hydroxyl groups is 1. The number of nitrogens with zero attached hydrogens (tertiary/aromatic N) is 1. The third-order valence-corrected chi connectivity index (χ3v) is 3.22. The molecule has 4 heteroatoms. The van der Waals surface area contributed by atoms with Gasteiger partial charge in [0.25, 0.3) is 0 Å². The molecule has 0 aliphatic carbocycles. The van der Waals surface area contributed by atoms with Crippen LogP contribution in [0.2, 0.25) is 5.15 Å². The van der Waals surface area contributed by atoms with E-state index < -0.39 is 6.10 Å². The average Bonchev–Trinajstić information content (AvgIpc) is 2.70. The predicted octanol–water partition coefficient (Wildman–Crippen LogP) is 3.07.